The number of aromatic nitrogens is 1. The predicted molar refractivity (Wildman–Crippen MR) is 219 cm³/mol. The highest BCUT2D eigenvalue weighted by molar-refractivity contribution is 6.01. The first-order valence-corrected chi connectivity index (χ1v) is 17.6. The van der Waals surface area contributed by atoms with E-state index in [-0.39, 0.29) is 0 Å². The number of fused-ring (bicyclic) bond motifs is 2. The summed E-state index contributed by atoms with van der Waals surface area (Å²) in [5, 5.41) is 3.52. The molecule has 0 amide bonds. The van der Waals surface area contributed by atoms with E-state index in [1.54, 1.807) is 0 Å². The molecule has 9 rings (SSSR count). The fourth-order valence-electron chi connectivity index (χ4n) is 7.09. The number of rotatable bonds is 8. The summed E-state index contributed by atoms with van der Waals surface area (Å²) in [6.07, 6.45) is 1.86. The molecule has 3 heteroatoms. The van der Waals surface area contributed by atoms with Crippen LogP contribution in [0.2, 0.25) is 0 Å². The zero-order chi connectivity index (χ0) is 34.7. The van der Waals surface area contributed by atoms with Crippen molar-refractivity contribution in [3.05, 3.63) is 212 Å². The maximum atomic E-state index is 4.61. The van der Waals surface area contributed by atoms with Gasteiger partial charge in [-0.05, 0) is 113 Å². The van der Waals surface area contributed by atoms with Gasteiger partial charge < -0.3 is 9.80 Å². The molecule has 0 aliphatic rings. The molecular weight excluding hydrogens is 631 g/mol. The van der Waals surface area contributed by atoms with Crippen molar-refractivity contribution < 1.29 is 0 Å². The lowest BCUT2D eigenvalue weighted by Crippen LogP contribution is -2.10. The zero-order valence-corrected chi connectivity index (χ0v) is 28.5. The molecule has 0 spiro atoms. The first-order chi connectivity index (χ1) is 25.8. The molecule has 0 aliphatic heterocycles. The van der Waals surface area contributed by atoms with Gasteiger partial charge in [0.2, 0.25) is 0 Å². The summed E-state index contributed by atoms with van der Waals surface area (Å²) < 4.78 is 0. The zero-order valence-electron chi connectivity index (χ0n) is 28.5. The van der Waals surface area contributed by atoms with E-state index in [4.69, 9.17) is 0 Å². The number of anilines is 6. The molecule has 0 saturated heterocycles. The Labute approximate surface area is 304 Å². The van der Waals surface area contributed by atoms with Crippen molar-refractivity contribution in [2.45, 2.75) is 0 Å². The third kappa shape index (κ3) is 6.06. The monoisotopic (exact) mass is 665 g/mol. The first-order valence-electron chi connectivity index (χ1n) is 17.6. The van der Waals surface area contributed by atoms with Crippen LogP contribution >= 0.6 is 0 Å². The number of pyridine rings is 1. The fraction of sp³-hybridized carbons (Fsp3) is 0. The average Bonchev–Trinajstić information content (AvgIpc) is 3.22. The second-order valence-electron chi connectivity index (χ2n) is 12.9. The van der Waals surface area contributed by atoms with Gasteiger partial charge in [-0.3, -0.25) is 4.98 Å². The van der Waals surface area contributed by atoms with Crippen LogP contribution in [0, 0.1) is 0 Å². The van der Waals surface area contributed by atoms with Crippen molar-refractivity contribution in [2.24, 2.45) is 0 Å². The molecule has 0 aliphatic carbocycles. The molecule has 8 aromatic carbocycles. The van der Waals surface area contributed by atoms with Crippen LogP contribution in [0.15, 0.2) is 212 Å². The van der Waals surface area contributed by atoms with Gasteiger partial charge in [-0.15, -0.1) is 0 Å². The van der Waals surface area contributed by atoms with E-state index in [1.165, 1.54) is 21.9 Å². The average molecular weight is 666 g/mol. The minimum Gasteiger partial charge on any atom is -0.311 e. The number of para-hydroxylation sites is 3. The van der Waals surface area contributed by atoms with Crippen LogP contribution in [0.4, 0.5) is 34.1 Å². The molecular formula is C49H35N3. The van der Waals surface area contributed by atoms with Crippen LogP contribution in [0.25, 0.3) is 43.9 Å². The summed E-state index contributed by atoms with van der Waals surface area (Å²) in [5.74, 6) is 0. The number of benzene rings is 8. The SMILES string of the molecule is c1ccc(N(c2ccccc2)c2ccc(-c3ccc(N(c4ccccc4)c4cccc5ccc(-c6ccc7cccnc7c6)cc45)cc3)cc2)cc1. The summed E-state index contributed by atoms with van der Waals surface area (Å²) in [6, 6.07) is 73.4. The molecule has 0 atom stereocenters. The number of nitrogens with zero attached hydrogens (tertiary/aromatic N) is 3. The number of hydrogen-bond donors (Lipinski definition) is 0. The van der Waals surface area contributed by atoms with Gasteiger partial charge in [-0.2, -0.15) is 0 Å². The maximum Gasteiger partial charge on any atom is 0.0708 e. The van der Waals surface area contributed by atoms with E-state index in [1.807, 2.05) is 12.3 Å². The quantitative estimate of drug-likeness (QED) is 0.161. The van der Waals surface area contributed by atoms with Crippen molar-refractivity contribution in [1.82, 2.24) is 4.98 Å². The molecule has 9 aromatic rings. The first kappa shape index (κ1) is 31.0. The summed E-state index contributed by atoms with van der Waals surface area (Å²) in [4.78, 5) is 9.26. The Hall–Kier alpha value is -6.97. The molecule has 1 aromatic heterocycles. The van der Waals surface area contributed by atoms with E-state index in [0.29, 0.717) is 0 Å². The van der Waals surface area contributed by atoms with E-state index < -0.39 is 0 Å². The maximum absolute atomic E-state index is 4.61. The summed E-state index contributed by atoms with van der Waals surface area (Å²) in [7, 11) is 0. The third-order valence-corrected chi connectivity index (χ3v) is 9.67. The fourth-order valence-corrected chi connectivity index (χ4v) is 7.09. The lowest BCUT2D eigenvalue weighted by atomic mass is 9.98. The lowest BCUT2D eigenvalue weighted by molar-refractivity contribution is 1.28. The minimum atomic E-state index is 0.999. The van der Waals surface area contributed by atoms with Gasteiger partial charge in [-0.1, -0.05) is 121 Å². The van der Waals surface area contributed by atoms with Crippen molar-refractivity contribution in [3.8, 4) is 22.3 Å². The van der Waals surface area contributed by atoms with E-state index in [2.05, 4.69) is 215 Å². The van der Waals surface area contributed by atoms with Gasteiger partial charge in [-0.25, -0.2) is 0 Å². The predicted octanol–water partition coefficient (Wildman–Crippen LogP) is 13.7. The molecule has 246 valence electrons. The third-order valence-electron chi connectivity index (χ3n) is 9.67. The van der Waals surface area contributed by atoms with Crippen LogP contribution in [-0.4, -0.2) is 4.98 Å². The summed E-state index contributed by atoms with van der Waals surface area (Å²) >= 11 is 0. The highest BCUT2D eigenvalue weighted by Gasteiger charge is 2.17. The van der Waals surface area contributed by atoms with E-state index in [0.717, 1.165) is 56.2 Å². The van der Waals surface area contributed by atoms with E-state index in [9.17, 15) is 0 Å². The largest absolute Gasteiger partial charge is 0.311 e. The highest BCUT2D eigenvalue weighted by atomic mass is 15.1. The van der Waals surface area contributed by atoms with Crippen molar-refractivity contribution in [1.29, 1.82) is 0 Å². The topological polar surface area (TPSA) is 19.4 Å². The van der Waals surface area contributed by atoms with Gasteiger partial charge in [0.15, 0.2) is 0 Å². The lowest BCUT2D eigenvalue weighted by Gasteiger charge is -2.27. The smallest absolute Gasteiger partial charge is 0.0708 e. The Morgan fingerprint density at radius 2 is 0.769 bits per heavy atom. The Balaban J connectivity index is 1.08. The van der Waals surface area contributed by atoms with Gasteiger partial charge in [0, 0.05) is 45.4 Å². The van der Waals surface area contributed by atoms with Gasteiger partial charge in [0.25, 0.3) is 0 Å². The second-order valence-corrected chi connectivity index (χ2v) is 12.9. The van der Waals surface area contributed by atoms with Gasteiger partial charge in [0.1, 0.15) is 0 Å². The molecule has 1 heterocycles. The van der Waals surface area contributed by atoms with Crippen LogP contribution in [0.1, 0.15) is 0 Å². The Bertz CT molecular complexity index is 2560. The molecule has 3 nitrogen and oxygen atoms in total. The van der Waals surface area contributed by atoms with Crippen LogP contribution in [-0.2, 0) is 0 Å². The van der Waals surface area contributed by atoms with Crippen molar-refractivity contribution in [2.75, 3.05) is 9.80 Å². The van der Waals surface area contributed by atoms with Crippen LogP contribution < -0.4 is 9.80 Å². The molecule has 52 heavy (non-hydrogen) atoms. The van der Waals surface area contributed by atoms with Crippen molar-refractivity contribution in [3.63, 3.8) is 0 Å². The van der Waals surface area contributed by atoms with Crippen molar-refractivity contribution >= 4 is 55.8 Å². The van der Waals surface area contributed by atoms with Crippen LogP contribution in [0.5, 0.6) is 0 Å². The van der Waals surface area contributed by atoms with Gasteiger partial charge in [0.05, 0.1) is 11.2 Å². The van der Waals surface area contributed by atoms with E-state index >= 15 is 0 Å². The number of hydrogen-bond acceptors (Lipinski definition) is 3. The summed E-state index contributed by atoms with van der Waals surface area (Å²) in [5.41, 5.74) is 12.3. The standard InChI is InChI=1S/C49H35N3/c1-4-14-42(15-5-1)51(43-16-6-2-7-17-43)45-29-25-36(26-30-45)37-27-31-46(32-28-37)52(44-18-8-3-9-19-44)49-20-10-12-38-21-23-40(34-47(38)49)41-24-22-39-13-11-33-50-48(39)35-41/h1-35H. The molecule has 0 saturated carbocycles. The molecule has 0 fully saturated rings. The Morgan fingerprint density at radius 1 is 0.308 bits per heavy atom. The normalized spacial score (nSPS) is 11.1. The van der Waals surface area contributed by atoms with Gasteiger partial charge >= 0.3 is 0 Å². The minimum absolute atomic E-state index is 0.999. The Morgan fingerprint density at radius 3 is 1.37 bits per heavy atom. The second kappa shape index (κ2) is 13.7. The summed E-state index contributed by atoms with van der Waals surface area (Å²) in [6.45, 7) is 0. The van der Waals surface area contributed by atoms with Crippen LogP contribution in [0.3, 0.4) is 0 Å². The Kier molecular flexibility index (Phi) is 8.20. The molecule has 0 radical (unpaired) electrons. The molecule has 0 unspecified atom stereocenters. The molecule has 0 bridgehead atoms. The highest BCUT2D eigenvalue weighted by Crippen LogP contribution is 2.41. The molecule has 0 N–H and O–H groups in total.